The van der Waals surface area contributed by atoms with Gasteiger partial charge in [-0.2, -0.15) is 0 Å². The highest BCUT2D eigenvalue weighted by molar-refractivity contribution is 9.10. The molecule has 2 rings (SSSR count). The molecule has 0 atom stereocenters. The number of unbranched alkanes of at least 4 members (excludes halogenated alkanes) is 1. The predicted molar refractivity (Wildman–Crippen MR) is 84.0 cm³/mol. The van der Waals surface area contributed by atoms with Crippen LogP contribution in [-0.4, -0.2) is 21.0 Å². The molecule has 0 unspecified atom stereocenters. The van der Waals surface area contributed by atoms with Crippen molar-refractivity contribution in [1.29, 1.82) is 0 Å². The lowest BCUT2D eigenvalue weighted by molar-refractivity contribution is -0.384. The summed E-state index contributed by atoms with van der Waals surface area (Å²) >= 11 is 3.37. The Bertz CT molecular complexity index is 587. The van der Waals surface area contributed by atoms with Crippen molar-refractivity contribution < 1.29 is 4.92 Å². The molecule has 1 aromatic carbocycles. The molecule has 0 aliphatic rings. The van der Waals surface area contributed by atoms with E-state index in [-0.39, 0.29) is 5.69 Å². The minimum Gasteiger partial charge on any atom is -0.337 e. The number of nitro groups is 1. The number of aryl methyl sites for hydroxylation is 1. The van der Waals surface area contributed by atoms with Crippen LogP contribution in [0.2, 0.25) is 0 Å². The molecule has 1 aromatic heterocycles. The van der Waals surface area contributed by atoms with Crippen LogP contribution in [0.1, 0.15) is 18.4 Å². The van der Waals surface area contributed by atoms with Crippen molar-refractivity contribution in [3.63, 3.8) is 0 Å². The van der Waals surface area contributed by atoms with E-state index in [9.17, 15) is 10.1 Å². The molecule has 0 spiro atoms. The topological polar surface area (TPSA) is 73.0 Å². The summed E-state index contributed by atoms with van der Waals surface area (Å²) in [5.74, 6) is 0. The van der Waals surface area contributed by atoms with Crippen molar-refractivity contribution in [2.24, 2.45) is 0 Å². The summed E-state index contributed by atoms with van der Waals surface area (Å²) in [5.41, 5.74) is 1.13. The van der Waals surface area contributed by atoms with Gasteiger partial charge in [-0.3, -0.25) is 10.1 Å². The Kier molecular flexibility index (Phi) is 5.89. The van der Waals surface area contributed by atoms with Gasteiger partial charge >= 0.3 is 0 Å². The van der Waals surface area contributed by atoms with Crippen molar-refractivity contribution in [3.05, 3.63) is 57.1 Å². The Morgan fingerprint density at radius 2 is 2.24 bits per heavy atom. The van der Waals surface area contributed by atoms with Crippen molar-refractivity contribution in [2.45, 2.75) is 25.9 Å². The molecule has 6 nitrogen and oxygen atoms in total. The number of nitrogens with zero attached hydrogens (tertiary/aromatic N) is 3. The number of rotatable bonds is 8. The Morgan fingerprint density at radius 3 is 2.90 bits per heavy atom. The molecule has 1 N–H and O–H groups in total. The molecule has 7 heteroatoms. The molecule has 0 bridgehead atoms. The fourth-order valence-corrected chi connectivity index (χ4v) is 2.49. The standard InChI is InChI=1S/C14H17BrN4O2/c15-14-9-13(19(20)21)4-3-12(14)10-16-5-1-2-7-18-8-6-17-11-18/h3-4,6,8-9,11,16H,1-2,5,7,10H2. The number of non-ortho nitro benzene ring substituents is 1. The molecular weight excluding hydrogens is 336 g/mol. The normalized spacial score (nSPS) is 10.7. The van der Waals surface area contributed by atoms with Crippen LogP contribution in [0.3, 0.4) is 0 Å². The van der Waals surface area contributed by atoms with Crippen LogP contribution in [0.4, 0.5) is 5.69 Å². The summed E-state index contributed by atoms with van der Waals surface area (Å²) in [5, 5.41) is 14.0. The van der Waals surface area contributed by atoms with Crippen LogP contribution in [0.25, 0.3) is 0 Å². The molecule has 0 fully saturated rings. The van der Waals surface area contributed by atoms with Gasteiger partial charge < -0.3 is 9.88 Å². The fourth-order valence-electron chi connectivity index (χ4n) is 1.98. The zero-order valence-electron chi connectivity index (χ0n) is 11.5. The fraction of sp³-hybridized carbons (Fsp3) is 0.357. The first-order valence-corrected chi connectivity index (χ1v) is 7.55. The van der Waals surface area contributed by atoms with E-state index in [1.807, 2.05) is 12.5 Å². The van der Waals surface area contributed by atoms with Crippen LogP contribution in [0.5, 0.6) is 0 Å². The molecule has 0 aliphatic carbocycles. The molecule has 0 amide bonds. The highest BCUT2D eigenvalue weighted by Crippen LogP contribution is 2.22. The van der Waals surface area contributed by atoms with E-state index < -0.39 is 4.92 Å². The monoisotopic (exact) mass is 352 g/mol. The zero-order chi connectivity index (χ0) is 15.1. The summed E-state index contributed by atoms with van der Waals surface area (Å²) in [4.78, 5) is 14.3. The molecule has 2 aromatic rings. The van der Waals surface area contributed by atoms with Crippen molar-refractivity contribution >= 4 is 21.6 Å². The molecule has 1 heterocycles. The van der Waals surface area contributed by atoms with Crippen LogP contribution in [-0.2, 0) is 13.1 Å². The molecule has 0 saturated heterocycles. The third-order valence-corrected chi connectivity index (χ3v) is 3.88. The summed E-state index contributed by atoms with van der Waals surface area (Å²) in [6.45, 7) is 2.59. The van der Waals surface area contributed by atoms with Gasteiger partial charge in [0.05, 0.1) is 11.3 Å². The lowest BCUT2D eigenvalue weighted by Gasteiger charge is -2.07. The van der Waals surface area contributed by atoms with Crippen LogP contribution in [0.15, 0.2) is 41.4 Å². The molecule has 112 valence electrons. The van der Waals surface area contributed by atoms with Gasteiger partial charge in [0.2, 0.25) is 0 Å². The number of nitrogens with one attached hydrogen (secondary N) is 1. The highest BCUT2D eigenvalue weighted by atomic mass is 79.9. The molecule has 21 heavy (non-hydrogen) atoms. The van der Waals surface area contributed by atoms with E-state index in [1.54, 1.807) is 12.3 Å². The van der Waals surface area contributed by atoms with Gasteiger partial charge in [-0.15, -0.1) is 0 Å². The van der Waals surface area contributed by atoms with Gasteiger partial charge in [-0.1, -0.05) is 15.9 Å². The van der Waals surface area contributed by atoms with E-state index >= 15 is 0 Å². The lowest BCUT2D eigenvalue weighted by atomic mass is 10.2. The Labute approximate surface area is 131 Å². The maximum Gasteiger partial charge on any atom is 0.270 e. The summed E-state index contributed by atoms with van der Waals surface area (Å²) in [7, 11) is 0. The first-order chi connectivity index (χ1) is 10.2. The minimum atomic E-state index is -0.391. The number of aromatic nitrogens is 2. The summed E-state index contributed by atoms with van der Waals surface area (Å²) in [6.07, 6.45) is 7.72. The highest BCUT2D eigenvalue weighted by Gasteiger charge is 2.08. The Hall–Kier alpha value is -1.73. The summed E-state index contributed by atoms with van der Waals surface area (Å²) in [6, 6.07) is 4.84. The van der Waals surface area contributed by atoms with E-state index in [1.165, 1.54) is 12.1 Å². The first-order valence-electron chi connectivity index (χ1n) is 6.76. The van der Waals surface area contributed by atoms with E-state index in [4.69, 9.17) is 0 Å². The number of hydrogen-bond donors (Lipinski definition) is 1. The van der Waals surface area contributed by atoms with Crippen molar-refractivity contribution in [1.82, 2.24) is 14.9 Å². The van der Waals surface area contributed by atoms with Crippen LogP contribution < -0.4 is 5.32 Å². The van der Waals surface area contributed by atoms with E-state index in [2.05, 4.69) is 30.8 Å². The Balaban J connectivity index is 1.67. The van der Waals surface area contributed by atoms with Gasteiger partial charge in [0.15, 0.2) is 0 Å². The van der Waals surface area contributed by atoms with Gasteiger partial charge in [0, 0.05) is 42.1 Å². The van der Waals surface area contributed by atoms with Gasteiger partial charge in [0.25, 0.3) is 5.69 Å². The molecule has 0 aliphatic heterocycles. The maximum absolute atomic E-state index is 10.7. The predicted octanol–water partition coefficient (Wildman–Crippen LogP) is 3.12. The number of imidazole rings is 1. The smallest absolute Gasteiger partial charge is 0.270 e. The third kappa shape index (κ3) is 4.95. The molecular formula is C14H17BrN4O2. The van der Waals surface area contributed by atoms with E-state index in [0.717, 1.165) is 36.0 Å². The van der Waals surface area contributed by atoms with Crippen LogP contribution in [0, 0.1) is 10.1 Å². The van der Waals surface area contributed by atoms with Gasteiger partial charge in [-0.05, 0) is 31.0 Å². The number of hydrogen-bond acceptors (Lipinski definition) is 4. The van der Waals surface area contributed by atoms with Crippen molar-refractivity contribution in [3.8, 4) is 0 Å². The van der Waals surface area contributed by atoms with Crippen LogP contribution >= 0.6 is 15.9 Å². The zero-order valence-corrected chi connectivity index (χ0v) is 13.1. The average Bonchev–Trinajstić information content (AvgIpc) is 2.97. The Morgan fingerprint density at radius 1 is 1.38 bits per heavy atom. The number of nitro benzene ring substituents is 1. The minimum absolute atomic E-state index is 0.103. The van der Waals surface area contributed by atoms with Gasteiger partial charge in [0.1, 0.15) is 0 Å². The second-order valence-electron chi connectivity index (χ2n) is 4.72. The maximum atomic E-state index is 10.7. The lowest BCUT2D eigenvalue weighted by Crippen LogP contribution is -2.15. The third-order valence-electron chi connectivity index (χ3n) is 3.14. The van der Waals surface area contributed by atoms with Gasteiger partial charge in [-0.25, -0.2) is 4.98 Å². The second-order valence-corrected chi connectivity index (χ2v) is 5.57. The van der Waals surface area contributed by atoms with E-state index in [0.29, 0.717) is 6.54 Å². The number of halogens is 1. The second kappa shape index (κ2) is 7.90. The molecule has 0 radical (unpaired) electrons. The first kappa shape index (κ1) is 15.7. The average molecular weight is 353 g/mol. The van der Waals surface area contributed by atoms with Crippen molar-refractivity contribution in [2.75, 3.05) is 6.54 Å². The largest absolute Gasteiger partial charge is 0.337 e. The quantitative estimate of drug-likeness (QED) is 0.450. The number of benzene rings is 1. The molecule has 0 saturated carbocycles. The SMILES string of the molecule is O=[N+]([O-])c1ccc(CNCCCCn2ccnc2)c(Br)c1. The summed E-state index contributed by atoms with van der Waals surface area (Å²) < 4.78 is 2.83.